The fraction of sp³-hybridized carbons (Fsp3) is 0.308. The van der Waals surface area contributed by atoms with Crippen molar-refractivity contribution < 1.29 is 17.2 Å². The van der Waals surface area contributed by atoms with Crippen LogP contribution in [0.2, 0.25) is 0 Å². The fourth-order valence-corrected chi connectivity index (χ4v) is 6.65. The molecule has 2 atom stereocenters. The number of sulfonamides is 1. The van der Waals surface area contributed by atoms with Crippen LogP contribution >= 0.6 is 0 Å². The lowest BCUT2D eigenvalue weighted by Gasteiger charge is -2.37. The first kappa shape index (κ1) is 24.4. The van der Waals surface area contributed by atoms with E-state index in [1.165, 1.54) is 24.3 Å². The highest BCUT2D eigenvalue weighted by atomic mass is 32.2. The van der Waals surface area contributed by atoms with Crippen LogP contribution in [0.5, 0.6) is 0 Å². The van der Waals surface area contributed by atoms with Crippen molar-refractivity contribution in [3.05, 3.63) is 77.4 Å². The highest BCUT2D eigenvalue weighted by Crippen LogP contribution is 2.69. The van der Waals surface area contributed by atoms with Crippen molar-refractivity contribution in [1.29, 1.82) is 0 Å². The van der Waals surface area contributed by atoms with E-state index in [1.807, 2.05) is 0 Å². The van der Waals surface area contributed by atoms with E-state index in [0.717, 1.165) is 30.4 Å². The highest BCUT2D eigenvalue weighted by molar-refractivity contribution is 7.92. The molecule has 9 nitrogen and oxygen atoms in total. The molecule has 38 heavy (non-hydrogen) atoms. The lowest BCUT2D eigenvalue weighted by Crippen LogP contribution is -2.38. The van der Waals surface area contributed by atoms with E-state index < -0.39 is 27.1 Å². The monoisotopic (exact) mass is 535 g/mol. The SMILES string of the molecule is CC1(C)[C@H]2CC[C@]1(c1cncc(-c3ccc(NS(C)(=O)=O)nn3)n1)c1nnc(-c3c(F)cccc3F)cc12. The summed E-state index contributed by atoms with van der Waals surface area (Å²) in [6, 6.07) is 8.61. The van der Waals surface area contributed by atoms with Crippen molar-refractivity contribution >= 4 is 15.8 Å². The second-order valence-electron chi connectivity index (χ2n) is 10.3. The summed E-state index contributed by atoms with van der Waals surface area (Å²) in [4.78, 5) is 9.35. The van der Waals surface area contributed by atoms with Crippen LogP contribution in [0.15, 0.2) is 48.8 Å². The van der Waals surface area contributed by atoms with Gasteiger partial charge in [0.25, 0.3) is 0 Å². The van der Waals surface area contributed by atoms with Gasteiger partial charge in [0.05, 0.1) is 40.5 Å². The number of hydrogen-bond acceptors (Lipinski definition) is 8. The Bertz CT molecular complexity index is 1680. The van der Waals surface area contributed by atoms with Crippen molar-refractivity contribution in [2.75, 3.05) is 11.0 Å². The van der Waals surface area contributed by atoms with Crippen LogP contribution in [-0.4, -0.2) is 45.0 Å². The van der Waals surface area contributed by atoms with Gasteiger partial charge in [-0.25, -0.2) is 22.2 Å². The van der Waals surface area contributed by atoms with Crippen LogP contribution in [-0.2, 0) is 15.4 Å². The first-order valence-corrected chi connectivity index (χ1v) is 13.9. The first-order valence-electron chi connectivity index (χ1n) is 12.0. The molecule has 0 unspecified atom stereocenters. The fourth-order valence-electron chi connectivity index (χ4n) is 6.17. The quantitative estimate of drug-likeness (QED) is 0.402. The normalized spacial score (nSPS) is 21.3. The zero-order valence-electron chi connectivity index (χ0n) is 20.8. The maximum Gasteiger partial charge on any atom is 0.231 e. The molecule has 2 aliphatic rings. The van der Waals surface area contributed by atoms with Crippen molar-refractivity contribution in [3.63, 3.8) is 0 Å². The number of anilines is 1. The Morgan fingerprint density at radius 3 is 2.37 bits per heavy atom. The summed E-state index contributed by atoms with van der Waals surface area (Å²) in [6.07, 6.45) is 5.93. The zero-order chi connectivity index (χ0) is 26.9. The summed E-state index contributed by atoms with van der Waals surface area (Å²) < 4.78 is 54.2. The topological polar surface area (TPSA) is 124 Å². The Balaban J connectivity index is 1.43. The number of nitrogens with zero attached hydrogens (tertiary/aromatic N) is 6. The number of hydrogen-bond donors (Lipinski definition) is 1. The lowest BCUT2D eigenvalue weighted by atomic mass is 9.66. The van der Waals surface area contributed by atoms with Gasteiger partial charge < -0.3 is 0 Å². The van der Waals surface area contributed by atoms with E-state index >= 15 is 0 Å². The molecule has 6 rings (SSSR count). The predicted octanol–water partition coefficient (Wildman–Crippen LogP) is 4.24. The number of benzene rings is 1. The summed E-state index contributed by atoms with van der Waals surface area (Å²) in [5.41, 5.74) is 2.29. The van der Waals surface area contributed by atoms with Gasteiger partial charge in [-0.3, -0.25) is 9.71 Å². The van der Waals surface area contributed by atoms with Crippen molar-refractivity contribution in [1.82, 2.24) is 30.4 Å². The van der Waals surface area contributed by atoms with E-state index in [1.54, 1.807) is 24.5 Å². The lowest BCUT2D eigenvalue weighted by molar-refractivity contribution is 0.242. The van der Waals surface area contributed by atoms with Gasteiger partial charge >= 0.3 is 0 Å². The highest BCUT2D eigenvalue weighted by Gasteiger charge is 2.65. The van der Waals surface area contributed by atoms with Gasteiger partial charge in [0.2, 0.25) is 10.0 Å². The summed E-state index contributed by atoms with van der Waals surface area (Å²) in [6.45, 7) is 4.30. The van der Waals surface area contributed by atoms with Gasteiger partial charge in [0.1, 0.15) is 23.0 Å². The Hall–Kier alpha value is -3.93. The third kappa shape index (κ3) is 3.57. The summed E-state index contributed by atoms with van der Waals surface area (Å²) in [5.74, 6) is -1.18. The van der Waals surface area contributed by atoms with Crippen molar-refractivity contribution in [2.24, 2.45) is 5.41 Å². The van der Waals surface area contributed by atoms with E-state index in [0.29, 0.717) is 17.1 Å². The second kappa shape index (κ2) is 8.29. The minimum Gasteiger partial charge on any atom is -0.266 e. The van der Waals surface area contributed by atoms with E-state index in [-0.39, 0.29) is 28.4 Å². The molecule has 3 aromatic heterocycles. The molecular formula is C26H23F2N7O2S. The molecule has 0 saturated heterocycles. The van der Waals surface area contributed by atoms with Crippen LogP contribution in [0, 0.1) is 17.0 Å². The summed E-state index contributed by atoms with van der Waals surface area (Å²) >= 11 is 0. The number of nitrogens with one attached hydrogen (secondary N) is 1. The second-order valence-corrected chi connectivity index (χ2v) is 12.1. The molecule has 0 amide bonds. The average molecular weight is 536 g/mol. The van der Waals surface area contributed by atoms with Gasteiger partial charge in [-0.15, -0.1) is 15.3 Å². The number of fused-ring (bicyclic) bond motifs is 5. The van der Waals surface area contributed by atoms with Crippen molar-refractivity contribution in [2.45, 2.75) is 38.0 Å². The van der Waals surface area contributed by atoms with Gasteiger partial charge in [-0.1, -0.05) is 19.9 Å². The van der Waals surface area contributed by atoms with E-state index in [2.05, 4.69) is 43.9 Å². The smallest absolute Gasteiger partial charge is 0.231 e. The molecule has 1 saturated carbocycles. The Labute approximate surface area is 217 Å². The number of rotatable bonds is 5. The van der Waals surface area contributed by atoms with Crippen LogP contribution in [0.4, 0.5) is 14.6 Å². The van der Waals surface area contributed by atoms with Crippen LogP contribution < -0.4 is 4.72 Å². The Kier molecular flexibility index (Phi) is 5.32. The average Bonchev–Trinajstić information content (AvgIpc) is 3.24. The van der Waals surface area contributed by atoms with Gasteiger partial charge in [-0.2, -0.15) is 5.10 Å². The largest absolute Gasteiger partial charge is 0.266 e. The third-order valence-electron chi connectivity index (χ3n) is 7.89. The summed E-state index contributed by atoms with van der Waals surface area (Å²) in [5, 5.41) is 16.9. The Morgan fingerprint density at radius 1 is 0.947 bits per heavy atom. The first-order chi connectivity index (χ1) is 18.0. The molecule has 194 valence electrons. The van der Waals surface area contributed by atoms with E-state index in [4.69, 9.17) is 4.98 Å². The molecule has 2 bridgehead atoms. The molecule has 0 spiro atoms. The summed E-state index contributed by atoms with van der Waals surface area (Å²) in [7, 11) is -3.48. The minimum absolute atomic E-state index is 0.0909. The van der Waals surface area contributed by atoms with Crippen LogP contribution in [0.3, 0.4) is 0 Å². The maximum absolute atomic E-state index is 14.5. The molecule has 1 fully saturated rings. The van der Waals surface area contributed by atoms with Gasteiger partial charge in [0, 0.05) is 6.20 Å². The standard InChI is InChI=1S/C26H23F2N7O2S/c1-25(2)15-9-10-26(25,24-14(15)11-19(32-34-24)23-16(27)5-4-6-17(23)28)21-13-29-12-20(30-21)18-7-8-22(33-31-18)35-38(3,36)37/h4-8,11-13,15H,9-10H2,1-3H3,(H,33,35)/t15-,26-/m0/s1. The maximum atomic E-state index is 14.5. The van der Waals surface area contributed by atoms with E-state index in [9.17, 15) is 17.2 Å². The molecule has 0 aliphatic heterocycles. The molecule has 3 heterocycles. The van der Waals surface area contributed by atoms with Crippen LogP contribution in [0.25, 0.3) is 22.6 Å². The van der Waals surface area contributed by atoms with Crippen LogP contribution in [0.1, 0.15) is 49.6 Å². The molecule has 1 N–H and O–H groups in total. The molecule has 1 aromatic carbocycles. The molecule has 12 heteroatoms. The number of halogens is 2. The van der Waals surface area contributed by atoms with Gasteiger partial charge in [-0.05, 0) is 60.1 Å². The molecular weight excluding hydrogens is 512 g/mol. The zero-order valence-corrected chi connectivity index (χ0v) is 21.6. The van der Waals surface area contributed by atoms with Gasteiger partial charge in [0.15, 0.2) is 5.82 Å². The molecule has 2 aliphatic carbocycles. The molecule has 0 radical (unpaired) electrons. The Morgan fingerprint density at radius 2 is 1.68 bits per heavy atom. The number of aromatic nitrogens is 6. The third-order valence-corrected chi connectivity index (χ3v) is 8.47. The predicted molar refractivity (Wildman–Crippen MR) is 135 cm³/mol. The molecule has 4 aromatic rings. The van der Waals surface area contributed by atoms with Crippen molar-refractivity contribution in [3.8, 4) is 22.6 Å². The minimum atomic E-state index is -3.48.